The van der Waals surface area contributed by atoms with Crippen LogP contribution in [-0.4, -0.2) is 22.5 Å². The zero-order chi connectivity index (χ0) is 20.0. The van der Waals surface area contributed by atoms with E-state index in [4.69, 9.17) is 21.1 Å². The Bertz CT molecular complexity index is 1140. The lowest BCUT2D eigenvalue weighted by molar-refractivity contribution is -0.155. The van der Waals surface area contributed by atoms with Crippen molar-refractivity contribution in [2.24, 2.45) is 5.92 Å². The van der Waals surface area contributed by atoms with Gasteiger partial charge in [-0.1, -0.05) is 11.6 Å². The highest BCUT2D eigenvalue weighted by atomic mass is 35.5. The SMILES string of the molecule is Cc1sc2nc([C@H](C)OC(=O)[C@@H]3COc4ccc(Cl)cc4C3)[nH]c(=O)c2c1C. The van der Waals surface area contributed by atoms with E-state index in [0.717, 1.165) is 21.8 Å². The Morgan fingerprint density at radius 1 is 1.43 bits per heavy atom. The minimum atomic E-state index is -0.673. The predicted molar refractivity (Wildman–Crippen MR) is 108 cm³/mol. The van der Waals surface area contributed by atoms with Crippen molar-refractivity contribution in [1.82, 2.24) is 9.97 Å². The van der Waals surface area contributed by atoms with Gasteiger partial charge in [0.25, 0.3) is 5.56 Å². The van der Waals surface area contributed by atoms with Gasteiger partial charge in [-0.15, -0.1) is 11.3 Å². The van der Waals surface area contributed by atoms with Crippen LogP contribution in [0.25, 0.3) is 10.2 Å². The molecule has 28 heavy (non-hydrogen) atoms. The van der Waals surface area contributed by atoms with Crippen LogP contribution in [0.15, 0.2) is 23.0 Å². The molecule has 0 aliphatic carbocycles. The van der Waals surface area contributed by atoms with E-state index < -0.39 is 12.0 Å². The van der Waals surface area contributed by atoms with Gasteiger partial charge in [-0.3, -0.25) is 9.59 Å². The molecule has 1 aliphatic rings. The summed E-state index contributed by atoms with van der Waals surface area (Å²) in [6.07, 6.45) is -0.179. The van der Waals surface area contributed by atoms with Crippen LogP contribution >= 0.6 is 22.9 Å². The van der Waals surface area contributed by atoms with Gasteiger partial charge in [-0.25, -0.2) is 4.98 Å². The van der Waals surface area contributed by atoms with Gasteiger partial charge in [-0.05, 0) is 56.5 Å². The third-order valence-electron chi connectivity index (χ3n) is 5.00. The fraction of sp³-hybridized carbons (Fsp3) is 0.350. The summed E-state index contributed by atoms with van der Waals surface area (Å²) in [5.41, 5.74) is 1.60. The second kappa shape index (κ2) is 7.22. The number of thiophene rings is 1. The molecular formula is C20H19ClN2O4S. The Morgan fingerprint density at radius 3 is 3.00 bits per heavy atom. The maximum atomic E-state index is 12.6. The Hall–Kier alpha value is -2.38. The molecular weight excluding hydrogens is 400 g/mol. The van der Waals surface area contributed by atoms with E-state index in [9.17, 15) is 9.59 Å². The third-order valence-corrected chi connectivity index (χ3v) is 6.33. The summed E-state index contributed by atoms with van der Waals surface area (Å²) in [6.45, 7) is 5.80. The van der Waals surface area contributed by atoms with Crippen LogP contribution in [0.2, 0.25) is 5.02 Å². The number of hydrogen-bond acceptors (Lipinski definition) is 6. The molecule has 0 saturated heterocycles. The molecule has 1 aromatic carbocycles. The number of carbonyl (C=O) groups is 1. The minimum absolute atomic E-state index is 0.214. The number of esters is 1. The van der Waals surface area contributed by atoms with Crippen molar-refractivity contribution < 1.29 is 14.3 Å². The van der Waals surface area contributed by atoms with Crippen molar-refractivity contribution in [3.05, 3.63) is 55.4 Å². The highest BCUT2D eigenvalue weighted by Crippen LogP contribution is 2.31. The highest BCUT2D eigenvalue weighted by molar-refractivity contribution is 7.18. The third kappa shape index (κ3) is 3.40. The van der Waals surface area contributed by atoms with Gasteiger partial charge in [0, 0.05) is 9.90 Å². The Labute approximate surface area is 170 Å². The van der Waals surface area contributed by atoms with Gasteiger partial charge in [0.15, 0.2) is 11.9 Å². The monoisotopic (exact) mass is 418 g/mol. The van der Waals surface area contributed by atoms with E-state index in [-0.39, 0.29) is 18.1 Å². The molecule has 146 valence electrons. The standard InChI is InChI=1S/C20H19ClN2O4S/c1-9-11(3)28-19-16(9)18(24)22-17(23-19)10(2)27-20(25)13-6-12-7-14(21)4-5-15(12)26-8-13/h4-5,7,10,13H,6,8H2,1-3H3,(H,22,23,24)/t10-,13-/m0/s1. The molecule has 3 heterocycles. The van der Waals surface area contributed by atoms with Crippen LogP contribution in [0.5, 0.6) is 5.75 Å². The van der Waals surface area contributed by atoms with E-state index in [0.29, 0.717) is 27.5 Å². The van der Waals surface area contributed by atoms with Crippen LogP contribution < -0.4 is 10.3 Å². The molecule has 0 spiro atoms. The summed E-state index contributed by atoms with van der Waals surface area (Å²) >= 11 is 7.49. The molecule has 0 saturated carbocycles. The van der Waals surface area contributed by atoms with Crippen LogP contribution in [0.4, 0.5) is 0 Å². The topological polar surface area (TPSA) is 81.3 Å². The second-order valence-corrected chi connectivity index (χ2v) is 8.60. The average Bonchev–Trinajstić information content (AvgIpc) is 2.95. The number of nitrogens with zero attached hydrogens (tertiary/aromatic N) is 1. The number of aromatic amines is 1. The number of aryl methyl sites for hydroxylation is 2. The zero-order valence-electron chi connectivity index (χ0n) is 15.7. The lowest BCUT2D eigenvalue weighted by Crippen LogP contribution is -2.30. The molecule has 1 N–H and O–H groups in total. The molecule has 6 nitrogen and oxygen atoms in total. The summed E-state index contributed by atoms with van der Waals surface area (Å²) in [5, 5.41) is 1.19. The number of ether oxygens (including phenoxy) is 2. The molecule has 4 rings (SSSR count). The van der Waals surface area contributed by atoms with Gasteiger partial charge in [0.1, 0.15) is 17.2 Å². The zero-order valence-corrected chi connectivity index (χ0v) is 17.2. The van der Waals surface area contributed by atoms with E-state index >= 15 is 0 Å². The summed E-state index contributed by atoms with van der Waals surface area (Å²) in [5.74, 6) is 0.253. The van der Waals surface area contributed by atoms with Crippen molar-refractivity contribution in [3.8, 4) is 5.75 Å². The Kier molecular flexibility index (Phi) is 4.89. The van der Waals surface area contributed by atoms with Crippen LogP contribution in [0.3, 0.4) is 0 Å². The maximum Gasteiger partial charge on any atom is 0.313 e. The second-order valence-electron chi connectivity index (χ2n) is 6.96. The molecule has 2 atom stereocenters. The van der Waals surface area contributed by atoms with Gasteiger partial charge >= 0.3 is 5.97 Å². The van der Waals surface area contributed by atoms with Crippen LogP contribution in [0.1, 0.15) is 34.9 Å². The number of nitrogens with one attached hydrogen (secondary N) is 1. The number of benzene rings is 1. The number of aromatic nitrogens is 2. The molecule has 8 heteroatoms. The first-order chi connectivity index (χ1) is 13.3. The highest BCUT2D eigenvalue weighted by Gasteiger charge is 2.29. The first-order valence-corrected chi connectivity index (χ1v) is 10.1. The van der Waals surface area contributed by atoms with Crippen LogP contribution in [-0.2, 0) is 16.0 Å². The van der Waals surface area contributed by atoms with Gasteiger partial charge in [0.2, 0.25) is 0 Å². The molecule has 0 fully saturated rings. The number of carbonyl (C=O) groups excluding carboxylic acids is 1. The fourth-order valence-corrected chi connectivity index (χ4v) is 4.54. The number of fused-ring (bicyclic) bond motifs is 2. The lowest BCUT2D eigenvalue weighted by Gasteiger charge is -2.25. The van der Waals surface area contributed by atoms with E-state index in [1.165, 1.54) is 11.3 Å². The molecule has 1 aliphatic heterocycles. The predicted octanol–water partition coefficient (Wildman–Crippen LogP) is 4.11. The quantitative estimate of drug-likeness (QED) is 0.647. The number of rotatable bonds is 3. The average molecular weight is 419 g/mol. The van der Waals surface area contributed by atoms with Gasteiger partial charge < -0.3 is 14.5 Å². The summed E-state index contributed by atoms with van der Waals surface area (Å²) in [7, 11) is 0. The molecule has 2 aromatic heterocycles. The van der Waals surface area contributed by atoms with Crippen molar-refractivity contribution >= 4 is 39.1 Å². The van der Waals surface area contributed by atoms with E-state index in [1.54, 1.807) is 25.1 Å². The molecule has 0 unspecified atom stereocenters. The first-order valence-electron chi connectivity index (χ1n) is 8.95. The largest absolute Gasteiger partial charge is 0.492 e. The van der Waals surface area contributed by atoms with E-state index in [1.807, 2.05) is 13.8 Å². The summed E-state index contributed by atoms with van der Waals surface area (Å²) in [6, 6.07) is 5.36. The molecule has 3 aromatic rings. The van der Waals surface area contributed by atoms with Crippen molar-refractivity contribution in [2.75, 3.05) is 6.61 Å². The normalized spacial score (nSPS) is 17.1. The van der Waals surface area contributed by atoms with Crippen molar-refractivity contribution in [2.45, 2.75) is 33.3 Å². The van der Waals surface area contributed by atoms with Gasteiger partial charge in [-0.2, -0.15) is 0 Å². The Balaban J connectivity index is 1.52. The van der Waals surface area contributed by atoms with Crippen molar-refractivity contribution in [1.29, 1.82) is 0 Å². The number of hydrogen-bond donors (Lipinski definition) is 1. The molecule has 0 radical (unpaired) electrons. The fourth-order valence-electron chi connectivity index (χ4n) is 3.30. The van der Waals surface area contributed by atoms with E-state index in [2.05, 4.69) is 9.97 Å². The maximum absolute atomic E-state index is 12.6. The lowest BCUT2D eigenvalue weighted by atomic mass is 9.97. The molecule has 0 amide bonds. The smallest absolute Gasteiger partial charge is 0.313 e. The number of halogens is 1. The molecule has 0 bridgehead atoms. The minimum Gasteiger partial charge on any atom is -0.492 e. The summed E-state index contributed by atoms with van der Waals surface area (Å²) < 4.78 is 11.2. The van der Waals surface area contributed by atoms with Gasteiger partial charge in [0.05, 0.1) is 11.3 Å². The van der Waals surface area contributed by atoms with Crippen molar-refractivity contribution in [3.63, 3.8) is 0 Å². The number of H-pyrrole nitrogens is 1. The van der Waals surface area contributed by atoms with Crippen LogP contribution in [0, 0.1) is 19.8 Å². The first kappa shape index (κ1) is 19.0. The summed E-state index contributed by atoms with van der Waals surface area (Å²) in [4.78, 5) is 34.0. The Morgan fingerprint density at radius 2 is 2.21 bits per heavy atom.